The van der Waals surface area contributed by atoms with Gasteiger partial charge in [0.1, 0.15) is 5.65 Å². The number of rotatable bonds is 4. The standard InChI is InChI=1S/C18H9BrClF3N4O4S/c19-11-4-5-12-25-15(20)17(27(12)7-11)32(29,30)26-16(28)13-14(31-8-24-13)9-2-1-3-10(6-9)18(21,22)23/h1-8H,(H,26,28). The Labute approximate surface area is 191 Å². The molecule has 14 heteroatoms. The lowest BCUT2D eigenvalue weighted by molar-refractivity contribution is -0.137. The quantitative estimate of drug-likeness (QED) is 0.401. The molecule has 1 aromatic carbocycles. The topological polar surface area (TPSA) is 107 Å². The van der Waals surface area contributed by atoms with Gasteiger partial charge in [0.15, 0.2) is 28.0 Å². The van der Waals surface area contributed by atoms with Crippen LogP contribution in [0.4, 0.5) is 13.2 Å². The van der Waals surface area contributed by atoms with E-state index in [2.05, 4.69) is 25.9 Å². The number of nitrogens with one attached hydrogen (secondary N) is 1. The van der Waals surface area contributed by atoms with Crippen molar-refractivity contribution in [3.63, 3.8) is 0 Å². The lowest BCUT2D eigenvalue weighted by atomic mass is 10.1. The number of alkyl halides is 3. The molecule has 0 aliphatic rings. The third-order valence-corrected chi connectivity index (χ3v) is 6.41. The first-order chi connectivity index (χ1) is 15.0. The number of carbonyl (C=O) groups excluding carboxylic acids is 1. The highest BCUT2D eigenvalue weighted by molar-refractivity contribution is 9.10. The summed E-state index contributed by atoms with van der Waals surface area (Å²) < 4.78 is 73.3. The van der Waals surface area contributed by atoms with Gasteiger partial charge in [-0.2, -0.15) is 21.6 Å². The van der Waals surface area contributed by atoms with Gasteiger partial charge in [0, 0.05) is 16.2 Å². The average Bonchev–Trinajstić information content (AvgIpc) is 3.31. The average molecular weight is 550 g/mol. The number of imidazole rings is 1. The van der Waals surface area contributed by atoms with Crippen LogP contribution in [-0.4, -0.2) is 28.7 Å². The highest BCUT2D eigenvalue weighted by Crippen LogP contribution is 2.33. The van der Waals surface area contributed by atoms with Crippen molar-refractivity contribution < 1.29 is 30.8 Å². The summed E-state index contributed by atoms with van der Waals surface area (Å²) in [4.78, 5) is 20.3. The first kappa shape index (κ1) is 22.3. The molecule has 0 aliphatic carbocycles. The number of fused-ring (bicyclic) bond motifs is 1. The molecule has 0 saturated carbocycles. The van der Waals surface area contributed by atoms with Gasteiger partial charge in [-0.1, -0.05) is 23.7 Å². The number of carbonyl (C=O) groups is 1. The van der Waals surface area contributed by atoms with E-state index in [0.29, 0.717) is 4.47 Å². The molecule has 0 atom stereocenters. The highest BCUT2D eigenvalue weighted by Gasteiger charge is 2.32. The molecule has 3 heterocycles. The highest BCUT2D eigenvalue weighted by atomic mass is 79.9. The van der Waals surface area contributed by atoms with Gasteiger partial charge in [-0.05, 0) is 40.2 Å². The maximum absolute atomic E-state index is 13.0. The van der Waals surface area contributed by atoms with E-state index in [1.54, 1.807) is 10.8 Å². The van der Waals surface area contributed by atoms with Crippen LogP contribution in [0.5, 0.6) is 0 Å². The molecule has 0 spiro atoms. The summed E-state index contributed by atoms with van der Waals surface area (Å²) in [6, 6.07) is 7.10. The second-order valence-electron chi connectivity index (χ2n) is 6.33. The van der Waals surface area contributed by atoms with Crippen molar-refractivity contribution in [3.05, 3.63) is 69.9 Å². The molecule has 1 N–H and O–H groups in total. The maximum Gasteiger partial charge on any atom is 0.416 e. The third kappa shape index (κ3) is 4.10. The van der Waals surface area contributed by atoms with E-state index in [1.807, 2.05) is 0 Å². The van der Waals surface area contributed by atoms with Gasteiger partial charge < -0.3 is 4.42 Å². The summed E-state index contributed by atoms with van der Waals surface area (Å²) in [6.07, 6.45) is -2.43. The van der Waals surface area contributed by atoms with E-state index < -0.39 is 38.4 Å². The molecule has 3 aromatic heterocycles. The fourth-order valence-corrected chi connectivity index (χ4v) is 4.81. The second kappa shape index (κ2) is 7.90. The van der Waals surface area contributed by atoms with Gasteiger partial charge in [-0.25, -0.2) is 14.7 Å². The zero-order chi connectivity index (χ0) is 23.3. The van der Waals surface area contributed by atoms with Crippen molar-refractivity contribution in [2.45, 2.75) is 11.2 Å². The maximum atomic E-state index is 13.0. The number of sulfonamides is 1. The largest absolute Gasteiger partial charge is 0.443 e. The van der Waals surface area contributed by atoms with Crippen molar-refractivity contribution in [3.8, 4) is 11.3 Å². The molecule has 166 valence electrons. The molecule has 0 unspecified atom stereocenters. The number of pyridine rings is 1. The van der Waals surface area contributed by atoms with Gasteiger partial charge in [-0.3, -0.25) is 9.20 Å². The zero-order valence-electron chi connectivity index (χ0n) is 15.4. The fraction of sp³-hybridized carbons (Fsp3) is 0.0556. The summed E-state index contributed by atoms with van der Waals surface area (Å²) in [5.74, 6) is -1.57. The van der Waals surface area contributed by atoms with E-state index >= 15 is 0 Å². The second-order valence-corrected chi connectivity index (χ2v) is 9.20. The minimum absolute atomic E-state index is 0.114. The van der Waals surface area contributed by atoms with Gasteiger partial charge >= 0.3 is 6.18 Å². The van der Waals surface area contributed by atoms with Crippen LogP contribution in [0.1, 0.15) is 16.1 Å². The van der Waals surface area contributed by atoms with Crippen LogP contribution < -0.4 is 4.72 Å². The monoisotopic (exact) mass is 548 g/mol. The molecule has 32 heavy (non-hydrogen) atoms. The van der Waals surface area contributed by atoms with Crippen molar-refractivity contribution in [1.82, 2.24) is 19.1 Å². The summed E-state index contributed by atoms with van der Waals surface area (Å²) in [5, 5.41) is -0.894. The fourth-order valence-electron chi connectivity index (χ4n) is 2.88. The Kier molecular flexibility index (Phi) is 5.51. The summed E-state index contributed by atoms with van der Waals surface area (Å²) in [6.45, 7) is 0. The van der Waals surface area contributed by atoms with Crippen molar-refractivity contribution in [2.75, 3.05) is 0 Å². The van der Waals surface area contributed by atoms with Gasteiger partial charge in [0.05, 0.1) is 5.56 Å². The van der Waals surface area contributed by atoms with Crippen LogP contribution in [-0.2, 0) is 16.2 Å². The van der Waals surface area contributed by atoms with Gasteiger partial charge in [0.2, 0.25) is 0 Å². The van der Waals surface area contributed by atoms with E-state index in [-0.39, 0.29) is 22.1 Å². The van der Waals surface area contributed by atoms with Crippen LogP contribution in [0.2, 0.25) is 5.15 Å². The van der Waals surface area contributed by atoms with Crippen molar-refractivity contribution in [1.29, 1.82) is 0 Å². The molecule has 8 nitrogen and oxygen atoms in total. The lowest BCUT2D eigenvalue weighted by Crippen LogP contribution is -2.32. The Balaban J connectivity index is 1.71. The first-order valence-corrected chi connectivity index (χ1v) is 11.1. The Hall–Kier alpha value is -2.90. The molecular formula is C18H9BrClF3N4O4S. The number of nitrogens with zero attached hydrogens (tertiary/aromatic N) is 3. The third-order valence-electron chi connectivity index (χ3n) is 4.22. The number of halogens is 5. The van der Waals surface area contributed by atoms with E-state index in [1.165, 1.54) is 18.3 Å². The Morgan fingerprint density at radius 3 is 2.69 bits per heavy atom. The van der Waals surface area contributed by atoms with Gasteiger partial charge in [0.25, 0.3) is 15.9 Å². The predicted molar refractivity (Wildman–Crippen MR) is 109 cm³/mol. The molecule has 0 bridgehead atoms. The molecule has 0 radical (unpaired) electrons. The summed E-state index contributed by atoms with van der Waals surface area (Å²) in [7, 11) is -4.56. The zero-order valence-corrected chi connectivity index (χ0v) is 18.5. The Bertz CT molecular complexity index is 1470. The number of hydrogen-bond donors (Lipinski definition) is 1. The van der Waals surface area contributed by atoms with Crippen molar-refractivity contribution in [2.24, 2.45) is 0 Å². The molecule has 4 rings (SSSR count). The van der Waals surface area contributed by atoms with E-state index in [0.717, 1.165) is 29.0 Å². The minimum Gasteiger partial charge on any atom is -0.443 e. The molecule has 1 amide bonds. The van der Waals surface area contributed by atoms with Gasteiger partial charge in [-0.15, -0.1) is 0 Å². The SMILES string of the molecule is O=C(NS(=O)(=O)c1c(Cl)nc2ccc(Br)cn12)c1ncoc1-c1cccc(C(F)(F)F)c1. The van der Waals surface area contributed by atoms with Crippen molar-refractivity contribution >= 4 is 49.1 Å². The molecule has 0 aliphatic heterocycles. The van der Waals surface area contributed by atoms with E-state index in [9.17, 15) is 26.4 Å². The summed E-state index contributed by atoms with van der Waals surface area (Å²) >= 11 is 9.19. The molecule has 4 aromatic rings. The Morgan fingerprint density at radius 1 is 1.22 bits per heavy atom. The van der Waals surface area contributed by atoms with Crippen LogP contribution in [0.15, 0.2) is 62.9 Å². The van der Waals surface area contributed by atoms with E-state index in [4.69, 9.17) is 16.0 Å². The van der Waals surface area contributed by atoms with Crippen LogP contribution in [0.3, 0.4) is 0 Å². The number of oxazole rings is 1. The lowest BCUT2D eigenvalue weighted by Gasteiger charge is -2.09. The van der Waals surface area contributed by atoms with Crippen LogP contribution in [0, 0.1) is 0 Å². The first-order valence-electron chi connectivity index (χ1n) is 8.49. The molecule has 0 saturated heterocycles. The molecular weight excluding hydrogens is 541 g/mol. The molecule has 0 fully saturated rings. The number of amides is 1. The van der Waals surface area contributed by atoms with Crippen LogP contribution >= 0.6 is 27.5 Å². The number of hydrogen-bond acceptors (Lipinski definition) is 6. The normalized spacial score (nSPS) is 12.3. The number of benzene rings is 1. The van der Waals surface area contributed by atoms with Crippen LogP contribution in [0.25, 0.3) is 17.0 Å². The predicted octanol–water partition coefficient (Wildman–Crippen LogP) is 4.54. The Morgan fingerprint density at radius 2 is 1.97 bits per heavy atom. The minimum atomic E-state index is -4.63. The number of aromatic nitrogens is 3. The smallest absolute Gasteiger partial charge is 0.416 e. The summed E-state index contributed by atoms with van der Waals surface area (Å²) in [5.41, 5.74) is -1.42.